The first kappa shape index (κ1) is 14.0. The predicted octanol–water partition coefficient (Wildman–Crippen LogP) is 3.04. The average Bonchev–Trinajstić information content (AvgIpc) is 2.64. The summed E-state index contributed by atoms with van der Waals surface area (Å²) in [7, 11) is 3.06. The summed E-state index contributed by atoms with van der Waals surface area (Å²) >= 11 is 0.910. The predicted molar refractivity (Wildman–Crippen MR) is 73.2 cm³/mol. The van der Waals surface area contributed by atoms with E-state index in [1.807, 2.05) is 26.0 Å². The van der Waals surface area contributed by atoms with Crippen molar-refractivity contribution in [1.82, 2.24) is 4.31 Å². The molecule has 5 nitrogen and oxygen atoms in total. The maximum atomic E-state index is 11.8. The van der Waals surface area contributed by atoms with E-state index in [0.717, 1.165) is 24.2 Å². The Labute approximate surface area is 117 Å². The molecule has 1 aliphatic rings. The van der Waals surface area contributed by atoms with Crippen molar-refractivity contribution < 1.29 is 18.5 Å². The van der Waals surface area contributed by atoms with Gasteiger partial charge < -0.3 is 9.47 Å². The van der Waals surface area contributed by atoms with Gasteiger partial charge in [-0.15, -0.1) is 0 Å². The number of fused-ring (bicyclic) bond motifs is 1. The van der Waals surface area contributed by atoms with Gasteiger partial charge in [0.25, 0.3) is 0 Å². The maximum Gasteiger partial charge on any atom is 0.426 e. The molecule has 0 unspecified atom stereocenters. The van der Waals surface area contributed by atoms with E-state index in [1.54, 1.807) is 13.1 Å². The van der Waals surface area contributed by atoms with Crippen LogP contribution in [-0.4, -0.2) is 30.2 Å². The second-order valence-electron chi connectivity index (χ2n) is 4.89. The number of nitrogens with zero attached hydrogens (tertiary/aromatic N) is 1. The minimum atomic E-state index is -0.506. The third-order valence-corrected chi connectivity index (χ3v) is 3.22. The Balaban J connectivity index is 2.16. The first-order chi connectivity index (χ1) is 8.93. The number of carbonyl (C=O) groups excluding carboxylic acids is 1. The van der Waals surface area contributed by atoms with Crippen LogP contribution >= 0.6 is 12.2 Å². The van der Waals surface area contributed by atoms with Crippen LogP contribution in [0.4, 0.5) is 4.79 Å². The Morgan fingerprint density at radius 3 is 2.89 bits per heavy atom. The lowest BCUT2D eigenvalue weighted by molar-refractivity contribution is 0.131. The second-order valence-corrected chi connectivity index (χ2v) is 5.92. The normalized spacial score (nSPS) is 15.6. The van der Waals surface area contributed by atoms with E-state index < -0.39 is 6.09 Å². The highest BCUT2D eigenvalue weighted by molar-refractivity contribution is 7.92. The number of para-hydroxylation sites is 1. The molecule has 19 heavy (non-hydrogen) atoms. The molecule has 1 amide bonds. The fraction of sp³-hybridized carbons (Fsp3) is 0.462. The van der Waals surface area contributed by atoms with Crippen molar-refractivity contribution in [3.8, 4) is 11.5 Å². The fourth-order valence-corrected chi connectivity index (χ4v) is 2.29. The lowest BCUT2D eigenvalue weighted by Gasteiger charge is -2.18. The number of rotatable bonds is 3. The van der Waals surface area contributed by atoms with Crippen LogP contribution in [0.25, 0.3) is 0 Å². The molecule has 0 N–H and O–H groups in total. The Bertz CT molecular complexity index is 490. The van der Waals surface area contributed by atoms with Crippen molar-refractivity contribution in [2.45, 2.75) is 25.9 Å². The minimum absolute atomic E-state index is 0.266. The molecule has 0 aromatic heterocycles. The Kier molecular flexibility index (Phi) is 3.91. The number of benzene rings is 1. The van der Waals surface area contributed by atoms with E-state index in [1.165, 1.54) is 11.4 Å². The van der Waals surface area contributed by atoms with Gasteiger partial charge in [-0.2, -0.15) is 0 Å². The molecule has 0 saturated carbocycles. The van der Waals surface area contributed by atoms with E-state index in [4.69, 9.17) is 13.7 Å². The molecule has 0 saturated heterocycles. The quantitative estimate of drug-likeness (QED) is 0.630. The number of hydrogen-bond acceptors (Lipinski definition) is 5. The highest BCUT2D eigenvalue weighted by Crippen LogP contribution is 2.41. The molecule has 0 fully saturated rings. The van der Waals surface area contributed by atoms with Gasteiger partial charge in [-0.3, -0.25) is 4.18 Å². The van der Waals surface area contributed by atoms with Crippen LogP contribution in [0.1, 0.15) is 19.4 Å². The monoisotopic (exact) mass is 283 g/mol. The van der Waals surface area contributed by atoms with E-state index in [-0.39, 0.29) is 5.60 Å². The summed E-state index contributed by atoms with van der Waals surface area (Å²) in [6, 6.07) is 5.56. The zero-order valence-electron chi connectivity index (χ0n) is 11.4. The smallest absolute Gasteiger partial charge is 0.426 e. The van der Waals surface area contributed by atoms with Crippen molar-refractivity contribution >= 4 is 18.3 Å². The van der Waals surface area contributed by atoms with E-state index >= 15 is 0 Å². The second kappa shape index (κ2) is 5.30. The molecule has 0 radical (unpaired) electrons. The average molecular weight is 283 g/mol. The van der Waals surface area contributed by atoms with Crippen LogP contribution in [0.3, 0.4) is 0 Å². The number of ether oxygens (including phenoxy) is 2. The Morgan fingerprint density at radius 1 is 1.47 bits per heavy atom. The van der Waals surface area contributed by atoms with Gasteiger partial charge in [0.2, 0.25) is 0 Å². The van der Waals surface area contributed by atoms with Gasteiger partial charge in [-0.1, -0.05) is 12.1 Å². The van der Waals surface area contributed by atoms with Gasteiger partial charge in [0, 0.05) is 19.0 Å². The fourth-order valence-electron chi connectivity index (χ4n) is 1.97. The minimum Gasteiger partial charge on any atom is -0.483 e. The van der Waals surface area contributed by atoms with Crippen LogP contribution in [0.2, 0.25) is 0 Å². The van der Waals surface area contributed by atoms with Crippen molar-refractivity contribution in [2.75, 3.05) is 14.2 Å². The van der Waals surface area contributed by atoms with E-state index in [2.05, 4.69) is 0 Å². The van der Waals surface area contributed by atoms with Crippen LogP contribution < -0.4 is 9.47 Å². The number of amides is 1. The highest BCUT2D eigenvalue weighted by atomic mass is 32.2. The van der Waals surface area contributed by atoms with E-state index in [9.17, 15) is 4.79 Å². The third kappa shape index (κ3) is 3.13. The maximum absolute atomic E-state index is 11.8. The van der Waals surface area contributed by atoms with Gasteiger partial charge in [0.15, 0.2) is 11.5 Å². The van der Waals surface area contributed by atoms with Gasteiger partial charge in [0.05, 0.1) is 7.11 Å². The largest absolute Gasteiger partial charge is 0.483 e. The molecular weight excluding hydrogens is 266 g/mol. The van der Waals surface area contributed by atoms with Crippen LogP contribution in [-0.2, 0) is 10.6 Å². The summed E-state index contributed by atoms with van der Waals surface area (Å²) in [5.41, 5.74) is 0.787. The molecule has 6 heteroatoms. The molecule has 0 bridgehead atoms. The first-order valence-electron chi connectivity index (χ1n) is 5.90. The molecule has 1 aromatic carbocycles. The van der Waals surface area contributed by atoms with Gasteiger partial charge >= 0.3 is 6.09 Å². The summed E-state index contributed by atoms with van der Waals surface area (Å²) in [4.78, 5) is 11.8. The van der Waals surface area contributed by atoms with Gasteiger partial charge in [-0.25, -0.2) is 9.10 Å². The molecule has 0 atom stereocenters. The molecular formula is C13H17NO4S. The summed E-state index contributed by atoms with van der Waals surface area (Å²) in [5, 5.41) is 0. The van der Waals surface area contributed by atoms with Crippen molar-refractivity contribution in [1.29, 1.82) is 0 Å². The third-order valence-electron chi connectivity index (χ3n) is 2.70. The summed E-state index contributed by atoms with van der Waals surface area (Å²) in [6.45, 7) is 4.01. The lowest BCUT2D eigenvalue weighted by Crippen LogP contribution is -2.25. The molecule has 1 aliphatic heterocycles. The summed E-state index contributed by atoms with van der Waals surface area (Å²) < 4.78 is 17.2. The zero-order valence-corrected chi connectivity index (χ0v) is 12.2. The molecule has 1 heterocycles. The van der Waals surface area contributed by atoms with Crippen molar-refractivity contribution in [3.05, 3.63) is 23.8 Å². The summed E-state index contributed by atoms with van der Waals surface area (Å²) in [6.07, 6.45) is 0.296. The molecule has 104 valence electrons. The molecule has 1 aromatic rings. The first-order valence-corrected chi connectivity index (χ1v) is 6.60. The topological polar surface area (TPSA) is 48.0 Å². The Morgan fingerprint density at radius 2 is 2.21 bits per heavy atom. The van der Waals surface area contributed by atoms with Gasteiger partial charge in [-0.05, 0) is 19.9 Å². The van der Waals surface area contributed by atoms with Gasteiger partial charge in [0.1, 0.15) is 17.8 Å². The number of carbonyl (C=O) groups is 1. The number of hydrogen-bond donors (Lipinski definition) is 0. The highest BCUT2D eigenvalue weighted by Gasteiger charge is 2.33. The molecule has 0 aliphatic carbocycles. The SMILES string of the molecule is COSN(C)C(=O)Oc1cccc2c1OC(C)(C)C2. The lowest BCUT2D eigenvalue weighted by atomic mass is 10.0. The van der Waals surface area contributed by atoms with Crippen LogP contribution in [0.5, 0.6) is 11.5 Å². The zero-order chi connectivity index (χ0) is 14.0. The van der Waals surface area contributed by atoms with E-state index in [0.29, 0.717) is 11.5 Å². The van der Waals surface area contributed by atoms with Crippen molar-refractivity contribution in [3.63, 3.8) is 0 Å². The summed E-state index contributed by atoms with van der Waals surface area (Å²) in [5.74, 6) is 1.09. The Hall–Kier alpha value is -1.40. The van der Waals surface area contributed by atoms with Crippen LogP contribution in [0.15, 0.2) is 18.2 Å². The standard InChI is InChI=1S/C13H17NO4S/c1-13(2)8-9-6-5-7-10(11(9)18-13)17-12(15)14(3)19-16-4/h5-7H,8H2,1-4H3. The van der Waals surface area contributed by atoms with Crippen LogP contribution in [0, 0.1) is 0 Å². The molecule has 2 rings (SSSR count). The van der Waals surface area contributed by atoms with Crippen molar-refractivity contribution in [2.24, 2.45) is 0 Å². The molecule has 0 spiro atoms.